The van der Waals surface area contributed by atoms with Gasteiger partial charge in [-0.2, -0.15) is 0 Å². The number of hydrogen-bond donors (Lipinski definition) is 1. The number of halogens is 1. The van der Waals surface area contributed by atoms with Crippen LogP contribution in [0.15, 0.2) is 53.7 Å². The Morgan fingerprint density at radius 3 is 2.35 bits per heavy atom. The number of morpholine rings is 1. The Kier molecular flexibility index (Phi) is 9.20. The van der Waals surface area contributed by atoms with Gasteiger partial charge in [0.1, 0.15) is 5.82 Å². The molecule has 1 N–H and O–H groups in total. The summed E-state index contributed by atoms with van der Waals surface area (Å²) in [5, 5.41) is 3.46. The topological polar surface area (TPSA) is 56.2 Å². The van der Waals surface area contributed by atoms with E-state index < -0.39 is 0 Å². The van der Waals surface area contributed by atoms with Crippen LogP contribution in [0.1, 0.15) is 12.5 Å². The molecular weight excluding hydrogens is 503 g/mol. The van der Waals surface area contributed by atoms with Crippen molar-refractivity contribution in [1.82, 2.24) is 15.2 Å². The Balaban J connectivity index is 0.00000272. The van der Waals surface area contributed by atoms with Crippen LogP contribution < -0.4 is 15.1 Å². The smallest absolute Gasteiger partial charge is 0.194 e. The van der Waals surface area contributed by atoms with Crippen LogP contribution in [0.5, 0.6) is 0 Å². The molecule has 0 radical (unpaired) electrons. The number of pyridine rings is 1. The zero-order chi connectivity index (χ0) is 20.6. The van der Waals surface area contributed by atoms with Crippen LogP contribution in [-0.4, -0.2) is 74.9 Å². The van der Waals surface area contributed by atoms with Gasteiger partial charge in [-0.1, -0.05) is 18.2 Å². The summed E-state index contributed by atoms with van der Waals surface area (Å²) < 4.78 is 5.44. The van der Waals surface area contributed by atoms with Gasteiger partial charge in [0, 0.05) is 57.7 Å². The number of nitrogens with one attached hydrogen (secondary N) is 1. The Morgan fingerprint density at radius 2 is 1.71 bits per heavy atom. The highest BCUT2D eigenvalue weighted by molar-refractivity contribution is 14.0. The fraction of sp³-hybridized carbons (Fsp3) is 0.478. The molecule has 8 heteroatoms. The third-order valence-electron chi connectivity index (χ3n) is 5.61. The number of guanidine groups is 1. The lowest BCUT2D eigenvalue weighted by Gasteiger charge is -2.37. The van der Waals surface area contributed by atoms with Gasteiger partial charge in [-0.15, -0.1) is 24.0 Å². The summed E-state index contributed by atoms with van der Waals surface area (Å²) in [7, 11) is 0. The molecule has 2 saturated heterocycles. The molecule has 0 amide bonds. The first-order chi connectivity index (χ1) is 14.8. The first-order valence-corrected chi connectivity index (χ1v) is 10.9. The quantitative estimate of drug-likeness (QED) is 0.361. The SMILES string of the molecule is CCNC(=NCc1ccc(N2CCOCC2)cc1)N1CCN(c2ccccn2)CC1.I. The van der Waals surface area contributed by atoms with Gasteiger partial charge >= 0.3 is 0 Å². The molecule has 168 valence electrons. The molecule has 1 aromatic heterocycles. The molecule has 0 saturated carbocycles. The lowest BCUT2D eigenvalue weighted by molar-refractivity contribution is 0.122. The van der Waals surface area contributed by atoms with Crippen molar-refractivity contribution in [3.63, 3.8) is 0 Å². The van der Waals surface area contributed by atoms with Gasteiger partial charge in [0.15, 0.2) is 5.96 Å². The number of piperazine rings is 1. The Labute approximate surface area is 202 Å². The Morgan fingerprint density at radius 1 is 0.968 bits per heavy atom. The van der Waals surface area contributed by atoms with Crippen LogP contribution in [0, 0.1) is 0 Å². The third-order valence-corrected chi connectivity index (χ3v) is 5.61. The van der Waals surface area contributed by atoms with Crippen molar-refractivity contribution >= 4 is 41.4 Å². The number of nitrogens with zero attached hydrogens (tertiary/aromatic N) is 5. The summed E-state index contributed by atoms with van der Waals surface area (Å²) in [6.07, 6.45) is 1.86. The van der Waals surface area contributed by atoms with Crippen LogP contribution >= 0.6 is 24.0 Å². The summed E-state index contributed by atoms with van der Waals surface area (Å²) in [5.41, 5.74) is 2.50. The number of benzene rings is 1. The number of hydrogen-bond acceptors (Lipinski definition) is 5. The number of rotatable bonds is 5. The summed E-state index contributed by atoms with van der Waals surface area (Å²) in [6.45, 7) is 11.0. The van der Waals surface area contributed by atoms with Crippen LogP contribution in [-0.2, 0) is 11.3 Å². The van der Waals surface area contributed by atoms with Crippen molar-refractivity contribution in [1.29, 1.82) is 0 Å². The van der Waals surface area contributed by atoms with Gasteiger partial charge in [-0.05, 0) is 36.8 Å². The minimum atomic E-state index is 0. The second kappa shape index (κ2) is 12.1. The molecule has 0 bridgehead atoms. The van der Waals surface area contributed by atoms with E-state index in [0.29, 0.717) is 6.54 Å². The predicted molar refractivity (Wildman–Crippen MR) is 138 cm³/mol. The lowest BCUT2D eigenvalue weighted by atomic mass is 10.2. The highest BCUT2D eigenvalue weighted by atomic mass is 127. The monoisotopic (exact) mass is 536 g/mol. The standard InChI is InChI=1S/C23H32N6O.HI/c1-2-24-23(29-13-11-28(12-14-29)22-5-3-4-10-25-22)26-19-20-6-8-21(9-7-20)27-15-17-30-18-16-27;/h3-10H,2,11-19H2,1H3,(H,24,26);1H. The van der Waals surface area contributed by atoms with Crippen molar-refractivity contribution in [3.05, 3.63) is 54.2 Å². The van der Waals surface area contributed by atoms with E-state index in [1.165, 1.54) is 11.3 Å². The maximum absolute atomic E-state index is 5.44. The molecule has 0 atom stereocenters. The average molecular weight is 536 g/mol. The summed E-state index contributed by atoms with van der Waals surface area (Å²) >= 11 is 0. The predicted octanol–water partition coefficient (Wildman–Crippen LogP) is 2.82. The molecule has 0 spiro atoms. The Hall–Kier alpha value is -2.07. The average Bonchev–Trinajstić information content (AvgIpc) is 2.83. The molecule has 31 heavy (non-hydrogen) atoms. The van der Waals surface area contributed by atoms with E-state index in [-0.39, 0.29) is 24.0 Å². The Bertz CT molecular complexity index is 803. The molecule has 2 fully saturated rings. The van der Waals surface area contributed by atoms with Crippen molar-refractivity contribution in [2.24, 2.45) is 4.99 Å². The van der Waals surface area contributed by atoms with Gasteiger partial charge in [0.05, 0.1) is 19.8 Å². The molecule has 2 aromatic rings. The maximum atomic E-state index is 5.44. The van der Waals surface area contributed by atoms with E-state index in [4.69, 9.17) is 9.73 Å². The number of anilines is 2. The van der Waals surface area contributed by atoms with Gasteiger partial charge in [0.2, 0.25) is 0 Å². The van der Waals surface area contributed by atoms with E-state index in [9.17, 15) is 0 Å². The van der Waals surface area contributed by atoms with Gasteiger partial charge in [0.25, 0.3) is 0 Å². The molecule has 0 aliphatic carbocycles. The van der Waals surface area contributed by atoms with Gasteiger partial charge in [-0.25, -0.2) is 9.98 Å². The summed E-state index contributed by atoms with van der Waals surface area (Å²) in [5.74, 6) is 2.05. The van der Waals surface area contributed by atoms with Gasteiger partial charge in [-0.3, -0.25) is 0 Å². The lowest BCUT2D eigenvalue weighted by Crippen LogP contribution is -2.52. The summed E-state index contributed by atoms with van der Waals surface area (Å²) in [4.78, 5) is 16.5. The van der Waals surface area contributed by atoms with Crippen LogP contribution in [0.2, 0.25) is 0 Å². The van der Waals surface area contributed by atoms with Crippen molar-refractivity contribution in [2.75, 3.05) is 68.8 Å². The van der Waals surface area contributed by atoms with Crippen molar-refractivity contribution < 1.29 is 4.74 Å². The van der Waals surface area contributed by atoms with Crippen LogP contribution in [0.25, 0.3) is 0 Å². The van der Waals surface area contributed by atoms with E-state index in [2.05, 4.69) is 62.3 Å². The van der Waals surface area contributed by atoms with Crippen LogP contribution in [0.3, 0.4) is 0 Å². The zero-order valence-corrected chi connectivity index (χ0v) is 20.6. The normalized spacial score (nSPS) is 17.3. The van der Waals surface area contributed by atoms with Crippen molar-refractivity contribution in [3.8, 4) is 0 Å². The molecule has 2 aliphatic heterocycles. The van der Waals surface area contributed by atoms with E-state index in [0.717, 1.165) is 70.8 Å². The number of ether oxygens (including phenoxy) is 1. The second-order valence-corrected chi connectivity index (χ2v) is 7.60. The number of aromatic nitrogens is 1. The molecule has 2 aliphatic rings. The first kappa shape index (κ1) is 23.6. The second-order valence-electron chi connectivity index (χ2n) is 7.60. The third kappa shape index (κ3) is 6.46. The minimum absolute atomic E-state index is 0. The highest BCUT2D eigenvalue weighted by Crippen LogP contribution is 2.17. The molecular formula is C23H33IN6O. The number of aliphatic imine (C=N–C) groups is 1. The van der Waals surface area contributed by atoms with E-state index in [1.807, 2.05) is 18.3 Å². The molecule has 4 rings (SSSR count). The molecule has 3 heterocycles. The fourth-order valence-electron chi connectivity index (χ4n) is 3.91. The summed E-state index contributed by atoms with van der Waals surface area (Å²) in [6, 6.07) is 14.9. The first-order valence-electron chi connectivity index (χ1n) is 10.9. The maximum Gasteiger partial charge on any atom is 0.194 e. The van der Waals surface area contributed by atoms with Gasteiger partial charge < -0.3 is 24.8 Å². The highest BCUT2D eigenvalue weighted by Gasteiger charge is 2.20. The molecule has 1 aromatic carbocycles. The minimum Gasteiger partial charge on any atom is -0.378 e. The largest absolute Gasteiger partial charge is 0.378 e. The van der Waals surface area contributed by atoms with Crippen LogP contribution in [0.4, 0.5) is 11.5 Å². The van der Waals surface area contributed by atoms with Crippen molar-refractivity contribution in [2.45, 2.75) is 13.5 Å². The molecule has 7 nitrogen and oxygen atoms in total. The fourth-order valence-corrected chi connectivity index (χ4v) is 3.91. The van der Waals surface area contributed by atoms with E-state index in [1.54, 1.807) is 0 Å². The van der Waals surface area contributed by atoms with E-state index >= 15 is 0 Å². The molecule has 0 unspecified atom stereocenters. The zero-order valence-electron chi connectivity index (χ0n) is 18.2.